The Hall–Kier alpha value is -1.25. The SMILES string of the molecule is CCC1=Cc2c(-c3cc(Cl)cc(Cl)c3)cccc2C1c1cccc2c1[cH-]c1ccccc12.C[Si]C.[Cl-].[Cl-].[Zr+3]. The minimum Gasteiger partial charge on any atom is -1.00 e. The third-order valence-corrected chi connectivity index (χ3v) is 7.17. The molecule has 1 aliphatic rings. The predicted octanol–water partition coefficient (Wildman–Crippen LogP) is 4.42. The summed E-state index contributed by atoms with van der Waals surface area (Å²) in [5.41, 5.74) is 7.70. The van der Waals surface area contributed by atoms with Crippen LogP contribution in [0.4, 0.5) is 0 Å². The van der Waals surface area contributed by atoms with Crippen molar-refractivity contribution in [2.75, 3.05) is 0 Å². The minimum absolute atomic E-state index is 0. The standard InChI is InChI=1S/C30H21Cl2.C2H6Si.2ClH.Zr/c1-2-18-15-28-24(20-13-21(31)17-22(32)14-20)9-5-11-26(28)30(18)27-12-6-10-25-23-8-4-3-7-19(23)16-29(25)27;1-3-2;;;/h3-17,30H,2H2,1H3;1-2H3;2*1H;/q-1;;;;+3/p-2. The van der Waals surface area contributed by atoms with Crippen molar-refractivity contribution >= 4 is 60.3 Å². The number of hydrogen-bond acceptors (Lipinski definition) is 0. The molecule has 0 aromatic heterocycles. The van der Waals surface area contributed by atoms with Crippen LogP contribution in [-0.4, -0.2) is 9.52 Å². The summed E-state index contributed by atoms with van der Waals surface area (Å²) < 4.78 is 0. The van der Waals surface area contributed by atoms with Crippen LogP contribution in [0, 0.1) is 0 Å². The van der Waals surface area contributed by atoms with Crippen molar-refractivity contribution in [1.82, 2.24) is 0 Å². The summed E-state index contributed by atoms with van der Waals surface area (Å²) in [4.78, 5) is 0. The van der Waals surface area contributed by atoms with Gasteiger partial charge in [0.15, 0.2) is 0 Å². The van der Waals surface area contributed by atoms with Crippen LogP contribution < -0.4 is 24.8 Å². The molecule has 38 heavy (non-hydrogen) atoms. The van der Waals surface area contributed by atoms with Crippen molar-refractivity contribution in [2.45, 2.75) is 32.4 Å². The van der Waals surface area contributed by atoms with Crippen molar-refractivity contribution in [3.63, 3.8) is 0 Å². The summed E-state index contributed by atoms with van der Waals surface area (Å²) in [5.74, 6) is 0.255. The van der Waals surface area contributed by atoms with Crippen LogP contribution in [0.15, 0.2) is 90.5 Å². The van der Waals surface area contributed by atoms with E-state index in [0.29, 0.717) is 10.0 Å². The Morgan fingerprint density at radius 3 is 2.08 bits per heavy atom. The largest absolute Gasteiger partial charge is 3.00 e. The molecule has 0 spiro atoms. The number of hydrogen-bond donors (Lipinski definition) is 0. The fraction of sp³-hybridized carbons (Fsp3) is 0.156. The zero-order chi connectivity index (χ0) is 24.5. The summed E-state index contributed by atoms with van der Waals surface area (Å²) in [7, 11) is 1.08. The number of rotatable bonds is 3. The van der Waals surface area contributed by atoms with E-state index in [1.807, 2.05) is 12.1 Å². The third kappa shape index (κ3) is 6.22. The fourth-order valence-corrected chi connectivity index (χ4v) is 5.88. The van der Waals surface area contributed by atoms with Gasteiger partial charge < -0.3 is 24.8 Å². The Labute approximate surface area is 269 Å². The smallest absolute Gasteiger partial charge is 1.00 e. The maximum absolute atomic E-state index is 6.34. The molecule has 0 saturated carbocycles. The Kier molecular flexibility index (Phi) is 12.5. The van der Waals surface area contributed by atoms with Crippen LogP contribution in [0.25, 0.3) is 38.7 Å². The van der Waals surface area contributed by atoms with Gasteiger partial charge in [-0.2, -0.15) is 0 Å². The van der Waals surface area contributed by atoms with Crippen molar-refractivity contribution in [3.05, 3.63) is 117 Å². The zero-order valence-corrected chi connectivity index (χ0v) is 27.9. The molecule has 191 valence electrons. The first-order valence-electron chi connectivity index (χ1n) is 12.0. The number of halogens is 4. The molecule has 0 amide bonds. The molecule has 1 unspecified atom stereocenters. The predicted molar refractivity (Wildman–Crippen MR) is 157 cm³/mol. The molecule has 5 aromatic rings. The average molecular weight is 673 g/mol. The molecule has 0 fully saturated rings. The molecule has 0 bridgehead atoms. The third-order valence-electron chi connectivity index (χ3n) is 6.73. The molecule has 1 aliphatic carbocycles. The quantitative estimate of drug-likeness (QED) is 0.197. The summed E-state index contributed by atoms with van der Waals surface area (Å²) in [5, 5.41) is 6.63. The molecule has 6 rings (SSSR count). The fourth-order valence-electron chi connectivity index (χ4n) is 5.35. The van der Waals surface area contributed by atoms with Crippen LogP contribution in [0.5, 0.6) is 0 Å². The van der Waals surface area contributed by atoms with Crippen molar-refractivity contribution in [2.24, 2.45) is 0 Å². The number of benzene rings is 4. The molecule has 0 nitrogen and oxygen atoms in total. The molecule has 0 aliphatic heterocycles. The molecule has 5 aromatic carbocycles. The molecular formula is C32H27Cl4SiZr. The second-order valence-corrected chi connectivity index (χ2v) is 10.9. The zero-order valence-electron chi connectivity index (χ0n) is 21.5. The van der Waals surface area contributed by atoms with E-state index in [1.165, 1.54) is 49.4 Å². The monoisotopic (exact) mass is 669 g/mol. The second-order valence-electron chi connectivity index (χ2n) is 9.01. The Bertz CT molecular complexity index is 1550. The van der Waals surface area contributed by atoms with E-state index in [9.17, 15) is 0 Å². The van der Waals surface area contributed by atoms with E-state index in [0.717, 1.165) is 21.5 Å². The van der Waals surface area contributed by atoms with Gasteiger partial charge in [-0.25, -0.2) is 0 Å². The Morgan fingerprint density at radius 1 is 0.789 bits per heavy atom. The van der Waals surface area contributed by atoms with Crippen LogP contribution in [0.1, 0.15) is 36.0 Å². The minimum atomic E-state index is 0. The number of allylic oxidation sites excluding steroid dienone is 1. The van der Waals surface area contributed by atoms with E-state index >= 15 is 0 Å². The van der Waals surface area contributed by atoms with Gasteiger partial charge in [0.1, 0.15) is 0 Å². The van der Waals surface area contributed by atoms with Crippen LogP contribution in [0.2, 0.25) is 23.1 Å². The first-order chi connectivity index (χ1) is 17.0. The molecule has 6 heteroatoms. The van der Waals surface area contributed by atoms with Gasteiger partial charge in [0, 0.05) is 25.5 Å². The van der Waals surface area contributed by atoms with Gasteiger partial charge in [0.2, 0.25) is 0 Å². The molecule has 0 heterocycles. The van der Waals surface area contributed by atoms with Gasteiger partial charge in [0.25, 0.3) is 0 Å². The average Bonchev–Trinajstić information content (AvgIpc) is 3.42. The summed E-state index contributed by atoms with van der Waals surface area (Å²) in [6, 6.07) is 30.2. The second kappa shape index (κ2) is 14.4. The van der Waals surface area contributed by atoms with Gasteiger partial charge in [-0.1, -0.05) is 115 Å². The topological polar surface area (TPSA) is 0 Å². The normalized spacial score (nSPS) is 13.4. The van der Waals surface area contributed by atoms with Crippen molar-refractivity contribution in [3.8, 4) is 11.1 Å². The molecule has 1 atom stereocenters. The van der Waals surface area contributed by atoms with Gasteiger partial charge in [0.05, 0.1) is 0 Å². The number of fused-ring (bicyclic) bond motifs is 4. The van der Waals surface area contributed by atoms with E-state index in [4.69, 9.17) is 23.2 Å². The van der Waals surface area contributed by atoms with Gasteiger partial charge in [-0.05, 0) is 46.9 Å². The van der Waals surface area contributed by atoms with Gasteiger partial charge in [-0.15, -0.1) is 33.7 Å². The van der Waals surface area contributed by atoms with Crippen LogP contribution in [-0.2, 0) is 26.2 Å². The summed E-state index contributed by atoms with van der Waals surface area (Å²) in [6.07, 6.45) is 3.39. The first-order valence-corrected chi connectivity index (χ1v) is 14.8. The van der Waals surface area contributed by atoms with Crippen LogP contribution >= 0.6 is 23.2 Å². The molecular weight excluding hydrogens is 645 g/mol. The van der Waals surface area contributed by atoms with Crippen LogP contribution in [0.3, 0.4) is 0 Å². The summed E-state index contributed by atoms with van der Waals surface area (Å²) in [6.45, 7) is 6.56. The Balaban J connectivity index is 0.000000809. The maximum atomic E-state index is 6.34. The summed E-state index contributed by atoms with van der Waals surface area (Å²) >= 11 is 12.7. The first kappa shape index (κ1) is 33.0. The van der Waals surface area contributed by atoms with E-state index in [-0.39, 0.29) is 56.9 Å². The van der Waals surface area contributed by atoms with Gasteiger partial charge in [-0.3, -0.25) is 0 Å². The molecule has 0 N–H and O–H groups in total. The van der Waals surface area contributed by atoms with Gasteiger partial charge >= 0.3 is 26.2 Å². The van der Waals surface area contributed by atoms with Crippen molar-refractivity contribution in [1.29, 1.82) is 0 Å². The van der Waals surface area contributed by atoms with E-state index in [2.05, 4.69) is 92.8 Å². The maximum Gasteiger partial charge on any atom is 3.00 e. The van der Waals surface area contributed by atoms with Crippen molar-refractivity contribution < 1.29 is 51.0 Å². The Morgan fingerprint density at radius 2 is 1.39 bits per heavy atom. The molecule has 0 saturated heterocycles. The molecule has 3 radical (unpaired) electrons. The van der Waals surface area contributed by atoms with E-state index in [1.54, 1.807) is 6.07 Å². The van der Waals surface area contributed by atoms with E-state index < -0.39 is 0 Å².